The summed E-state index contributed by atoms with van der Waals surface area (Å²) in [5.41, 5.74) is -0.233. The highest BCUT2D eigenvalue weighted by atomic mass is 32.2. The molecule has 170 valence electrons. The van der Waals surface area contributed by atoms with Gasteiger partial charge in [0.25, 0.3) is 0 Å². The molecular formula is C21H23N3O7S. The second-order valence-corrected chi connectivity index (χ2v) is 10.2. The van der Waals surface area contributed by atoms with Gasteiger partial charge < -0.3 is 19.9 Å². The molecule has 0 aliphatic carbocycles. The standard InChI is InChI=1S/C21H23N3O7S/c1-21(2,3)31-20(27)24-16-10-15(7-5-13(16)9-17(24)19(25)26)30-18-8-6-14(11-22-18)23-12-32(4,28)29/h5-11,23H,12H2,1-4H3,(H,25,26). The minimum atomic E-state index is -3.18. The zero-order chi connectivity index (χ0) is 23.7. The second kappa shape index (κ2) is 8.50. The topological polar surface area (TPSA) is 137 Å². The van der Waals surface area contributed by atoms with Crippen LogP contribution in [-0.2, 0) is 14.6 Å². The number of fused-ring (bicyclic) bond motifs is 1. The van der Waals surface area contributed by atoms with E-state index in [4.69, 9.17) is 9.47 Å². The van der Waals surface area contributed by atoms with Gasteiger partial charge in [-0.3, -0.25) is 0 Å². The number of carboxylic acids is 1. The number of carboxylic acid groups (broad SMARTS) is 1. The summed E-state index contributed by atoms with van der Waals surface area (Å²) in [7, 11) is -3.18. The fourth-order valence-electron chi connectivity index (χ4n) is 2.79. The largest absolute Gasteiger partial charge is 0.477 e. The Labute approximate surface area is 184 Å². The van der Waals surface area contributed by atoms with Crippen molar-refractivity contribution in [3.63, 3.8) is 0 Å². The zero-order valence-electron chi connectivity index (χ0n) is 17.9. The van der Waals surface area contributed by atoms with Crippen LogP contribution in [0.4, 0.5) is 10.5 Å². The molecule has 3 rings (SSSR count). The first-order valence-corrected chi connectivity index (χ1v) is 11.6. The average Bonchev–Trinajstić information content (AvgIpc) is 3.05. The van der Waals surface area contributed by atoms with E-state index in [2.05, 4.69) is 10.3 Å². The summed E-state index contributed by atoms with van der Waals surface area (Å²) in [5.74, 6) is -0.947. The lowest BCUT2D eigenvalue weighted by molar-refractivity contribution is 0.0513. The quantitative estimate of drug-likeness (QED) is 0.562. The summed E-state index contributed by atoms with van der Waals surface area (Å²) in [4.78, 5) is 28.5. The predicted octanol–water partition coefficient (Wildman–Crippen LogP) is 3.72. The maximum atomic E-state index is 12.7. The van der Waals surface area contributed by atoms with E-state index in [1.165, 1.54) is 18.3 Å². The molecule has 0 saturated carbocycles. The second-order valence-electron chi connectivity index (χ2n) is 8.11. The van der Waals surface area contributed by atoms with E-state index in [9.17, 15) is 23.1 Å². The van der Waals surface area contributed by atoms with Gasteiger partial charge in [0.05, 0.1) is 17.4 Å². The molecule has 0 aliphatic heterocycles. The van der Waals surface area contributed by atoms with Crippen LogP contribution >= 0.6 is 0 Å². The molecule has 0 saturated heterocycles. The number of carbonyl (C=O) groups excluding carboxylic acids is 1. The molecule has 0 amide bonds. The van der Waals surface area contributed by atoms with Crippen molar-refractivity contribution in [1.82, 2.24) is 9.55 Å². The van der Waals surface area contributed by atoms with Gasteiger partial charge in [-0.2, -0.15) is 0 Å². The molecule has 0 fully saturated rings. The molecule has 10 nitrogen and oxygen atoms in total. The molecule has 2 heterocycles. The van der Waals surface area contributed by atoms with Gasteiger partial charge >= 0.3 is 12.1 Å². The van der Waals surface area contributed by atoms with Crippen molar-refractivity contribution >= 4 is 38.5 Å². The molecule has 0 aliphatic rings. The number of ether oxygens (including phenoxy) is 2. The van der Waals surface area contributed by atoms with E-state index in [1.807, 2.05) is 0 Å². The monoisotopic (exact) mass is 461 g/mol. The molecule has 0 bridgehead atoms. The summed E-state index contributed by atoms with van der Waals surface area (Å²) in [6.45, 7) is 5.06. The van der Waals surface area contributed by atoms with Crippen LogP contribution in [0, 0.1) is 0 Å². The number of aromatic carboxylic acids is 1. The average molecular weight is 461 g/mol. The Balaban J connectivity index is 1.89. The van der Waals surface area contributed by atoms with Gasteiger partial charge in [0.2, 0.25) is 5.88 Å². The molecule has 2 aromatic heterocycles. The fourth-order valence-corrected chi connectivity index (χ4v) is 3.22. The Hall–Kier alpha value is -3.60. The van der Waals surface area contributed by atoms with Crippen LogP contribution in [0.15, 0.2) is 42.6 Å². The minimum Gasteiger partial charge on any atom is -0.477 e. The van der Waals surface area contributed by atoms with E-state index in [0.717, 1.165) is 10.8 Å². The molecular weight excluding hydrogens is 438 g/mol. The Morgan fingerprint density at radius 1 is 1.16 bits per heavy atom. The lowest BCUT2D eigenvalue weighted by Gasteiger charge is -2.20. The first kappa shape index (κ1) is 23.1. The number of benzene rings is 1. The molecule has 0 radical (unpaired) electrons. The van der Waals surface area contributed by atoms with E-state index in [1.54, 1.807) is 45.0 Å². The molecule has 0 unspecified atom stereocenters. The number of nitrogens with one attached hydrogen (secondary N) is 1. The maximum absolute atomic E-state index is 12.7. The Morgan fingerprint density at radius 3 is 2.44 bits per heavy atom. The van der Waals surface area contributed by atoms with E-state index in [-0.39, 0.29) is 17.5 Å². The van der Waals surface area contributed by atoms with Crippen molar-refractivity contribution in [3.8, 4) is 11.6 Å². The minimum absolute atomic E-state index is 0.223. The molecule has 2 N–H and O–H groups in total. The van der Waals surface area contributed by atoms with Crippen LogP contribution in [0.1, 0.15) is 31.3 Å². The lowest BCUT2D eigenvalue weighted by Crippen LogP contribution is -2.28. The smallest absolute Gasteiger partial charge is 0.419 e. The van der Waals surface area contributed by atoms with Crippen molar-refractivity contribution in [3.05, 3.63) is 48.3 Å². The third-order valence-electron chi connectivity index (χ3n) is 4.07. The van der Waals surface area contributed by atoms with Gasteiger partial charge in [0.1, 0.15) is 22.9 Å². The number of pyridine rings is 1. The number of sulfone groups is 1. The summed E-state index contributed by atoms with van der Waals surface area (Å²) in [5, 5.41) is 12.8. The molecule has 1 aromatic carbocycles. The molecule has 11 heteroatoms. The Bertz CT molecular complexity index is 1270. The van der Waals surface area contributed by atoms with Crippen molar-refractivity contribution in [2.75, 3.05) is 17.4 Å². The van der Waals surface area contributed by atoms with Gasteiger partial charge in [0, 0.05) is 23.8 Å². The normalized spacial score (nSPS) is 11.9. The van der Waals surface area contributed by atoms with Crippen molar-refractivity contribution in [2.24, 2.45) is 0 Å². The van der Waals surface area contributed by atoms with Gasteiger partial charge in [-0.15, -0.1) is 0 Å². The number of carbonyl (C=O) groups is 2. The van der Waals surface area contributed by atoms with Crippen LogP contribution < -0.4 is 10.1 Å². The summed E-state index contributed by atoms with van der Waals surface area (Å²) in [6, 6.07) is 9.29. The number of nitrogens with zero attached hydrogens (tertiary/aromatic N) is 2. The van der Waals surface area contributed by atoms with Gasteiger partial charge in [0.15, 0.2) is 9.84 Å². The van der Waals surface area contributed by atoms with E-state index >= 15 is 0 Å². The highest BCUT2D eigenvalue weighted by molar-refractivity contribution is 7.90. The van der Waals surface area contributed by atoms with Crippen LogP contribution in [-0.4, -0.2) is 52.9 Å². The number of rotatable bonds is 6. The van der Waals surface area contributed by atoms with E-state index < -0.39 is 27.5 Å². The van der Waals surface area contributed by atoms with Crippen LogP contribution in [0.25, 0.3) is 10.9 Å². The van der Waals surface area contributed by atoms with Crippen LogP contribution in [0.2, 0.25) is 0 Å². The highest BCUT2D eigenvalue weighted by Crippen LogP contribution is 2.28. The van der Waals surface area contributed by atoms with Gasteiger partial charge in [-0.05, 0) is 45.0 Å². The van der Waals surface area contributed by atoms with Crippen molar-refractivity contribution in [1.29, 1.82) is 0 Å². The number of hydrogen-bond acceptors (Lipinski definition) is 8. The highest BCUT2D eigenvalue weighted by Gasteiger charge is 2.25. The number of anilines is 1. The number of aromatic nitrogens is 2. The summed E-state index contributed by atoms with van der Waals surface area (Å²) in [6.07, 6.45) is 1.72. The lowest BCUT2D eigenvalue weighted by atomic mass is 10.2. The van der Waals surface area contributed by atoms with Crippen LogP contribution in [0.5, 0.6) is 11.6 Å². The maximum Gasteiger partial charge on any atom is 0.419 e. The third-order valence-corrected chi connectivity index (χ3v) is 4.74. The molecule has 0 atom stereocenters. The molecule has 3 aromatic rings. The molecule has 32 heavy (non-hydrogen) atoms. The summed E-state index contributed by atoms with van der Waals surface area (Å²) >= 11 is 0. The number of hydrogen-bond donors (Lipinski definition) is 2. The SMILES string of the molecule is CC(C)(C)OC(=O)n1c(C(=O)O)cc2ccc(Oc3ccc(NCS(C)(=O)=O)cn3)cc21. The fraction of sp³-hybridized carbons (Fsp3) is 0.286. The Morgan fingerprint density at radius 2 is 1.88 bits per heavy atom. The first-order chi connectivity index (χ1) is 14.8. The Kier molecular flexibility index (Phi) is 6.13. The zero-order valence-corrected chi connectivity index (χ0v) is 18.8. The molecule has 0 spiro atoms. The van der Waals surface area contributed by atoms with Gasteiger partial charge in [-0.1, -0.05) is 0 Å². The van der Waals surface area contributed by atoms with Gasteiger partial charge in [-0.25, -0.2) is 27.6 Å². The van der Waals surface area contributed by atoms with E-state index in [0.29, 0.717) is 22.3 Å². The third kappa shape index (κ3) is 5.76. The van der Waals surface area contributed by atoms with Crippen molar-refractivity contribution in [2.45, 2.75) is 26.4 Å². The summed E-state index contributed by atoms with van der Waals surface area (Å²) < 4.78 is 34.5. The van der Waals surface area contributed by atoms with Crippen molar-refractivity contribution < 1.29 is 32.6 Å². The van der Waals surface area contributed by atoms with Crippen LogP contribution in [0.3, 0.4) is 0 Å². The predicted molar refractivity (Wildman–Crippen MR) is 118 cm³/mol. The first-order valence-electron chi connectivity index (χ1n) is 9.50.